The van der Waals surface area contributed by atoms with E-state index in [1.54, 1.807) is 7.05 Å². The van der Waals surface area contributed by atoms with E-state index in [1.807, 2.05) is 20.8 Å². The third kappa shape index (κ3) is 3.65. The molecule has 0 aromatic carbocycles. The molecule has 0 atom stereocenters. The monoisotopic (exact) mass is 156 g/mol. The molecular formula is C8H16N2O. The van der Waals surface area contributed by atoms with Crippen LogP contribution in [0.5, 0.6) is 0 Å². The summed E-state index contributed by atoms with van der Waals surface area (Å²) in [6.07, 6.45) is 1.42. The van der Waals surface area contributed by atoms with Gasteiger partial charge in [-0.3, -0.25) is 4.79 Å². The Hall–Kier alpha value is -0.990. The number of likely N-dealkylation sites (N-methyl/N-ethyl adjacent to an activating group) is 1. The number of amides is 1. The van der Waals surface area contributed by atoms with Crippen LogP contribution in [-0.2, 0) is 4.79 Å². The van der Waals surface area contributed by atoms with E-state index in [-0.39, 0.29) is 11.3 Å². The number of rotatable bonds is 1. The van der Waals surface area contributed by atoms with Gasteiger partial charge in [-0.25, -0.2) is 0 Å². The first-order chi connectivity index (χ1) is 4.88. The van der Waals surface area contributed by atoms with Crippen molar-refractivity contribution in [1.82, 2.24) is 5.32 Å². The molecule has 11 heavy (non-hydrogen) atoms. The van der Waals surface area contributed by atoms with Crippen LogP contribution in [0.2, 0.25) is 0 Å². The van der Waals surface area contributed by atoms with Gasteiger partial charge in [-0.1, -0.05) is 20.8 Å². The van der Waals surface area contributed by atoms with Crippen molar-refractivity contribution in [2.45, 2.75) is 20.8 Å². The van der Waals surface area contributed by atoms with Crippen LogP contribution in [0.1, 0.15) is 20.8 Å². The molecule has 0 bridgehead atoms. The Kier molecular flexibility index (Phi) is 3.11. The highest BCUT2D eigenvalue weighted by Gasteiger charge is 2.14. The summed E-state index contributed by atoms with van der Waals surface area (Å²) in [6, 6.07) is 0. The Morgan fingerprint density at radius 2 is 1.91 bits per heavy atom. The fraction of sp³-hybridized carbons (Fsp3) is 0.625. The number of hydrogen-bond donors (Lipinski definition) is 2. The van der Waals surface area contributed by atoms with Crippen LogP contribution < -0.4 is 11.1 Å². The summed E-state index contributed by atoms with van der Waals surface area (Å²) < 4.78 is 0. The molecule has 0 unspecified atom stereocenters. The topological polar surface area (TPSA) is 55.1 Å². The van der Waals surface area contributed by atoms with Crippen LogP contribution in [0.25, 0.3) is 0 Å². The van der Waals surface area contributed by atoms with Crippen LogP contribution in [0.15, 0.2) is 11.8 Å². The number of hydrogen-bond acceptors (Lipinski definition) is 2. The van der Waals surface area contributed by atoms with Gasteiger partial charge in [0.15, 0.2) is 0 Å². The summed E-state index contributed by atoms with van der Waals surface area (Å²) in [7, 11) is 1.58. The second-order valence-corrected chi connectivity index (χ2v) is 3.46. The lowest BCUT2D eigenvalue weighted by molar-refractivity contribution is -0.116. The van der Waals surface area contributed by atoms with Gasteiger partial charge in [0, 0.05) is 24.2 Å². The van der Waals surface area contributed by atoms with Gasteiger partial charge in [0.2, 0.25) is 5.91 Å². The second kappa shape index (κ2) is 3.42. The van der Waals surface area contributed by atoms with Gasteiger partial charge < -0.3 is 11.1 Å². The van der Waals surface area contributed by atoms with Crippen molar-refractivity contribution in [3.8, 4) is 0 Å². The lowest BCUT2D eigenvalue weighted by Gasteiger charge is -2.18. The molecular weight excluding hydrogens is 140 g/mol. The van der Waals surface area contributed by atoms with E-state index < -0.39 is 0 Å². The average molecular weight is 156 g/mol. The molecule has 0 aromatic rings. The minimum atomic E-state index is -0.155. The van der Waals surface area contributed by atoms with Gasteiger partial charge in [-0.15, -0.1) is 0 Å². The predicted molar refractivity (Wildman–Crippen MR) is 45.8 cm³/mol. The molecule has 0 heterocycles. The molecule has 3 N–H and O–H groups in total. The highest BCUT2D eigenvalue weighted by Crippen LogP contribution is 2.19. The SMILES string of the molecule is CNC(=O)/C=C(/N)C(C)(C)C. The van der Waals surface area contributed by atoms with Crippen LogP contribution >= 0.6 is 0 Å². The Bertz CT molecular complexity index is 177. The molecule has 0 spiro atoms. The molecule has 0 saturated heterocycles. The van der Waals surface area contributed by atoms with Crippen molar-refractivity contribution in [3.05, 3.63) is 11.8 Å². The lowest BCUT2D eigenvalue weighted by Crippen LogP contribution is -2.22. The van der Waals surface area contributed by atoms with Crippen molar-refractivity contribution < 1.29 is 4.79 Å². The van der Waals surface area contributed by atoms with E-state index in [4.69, 9.17) is 5.73 Å². The average Bonchev–Trinajstić information content (AvgIpc) is 1.85. The van der Waals surface area contributed by atoms with Gasteiger partial charge >= 0.3 is 0 Å². The molecule has 0 aliphatic heterocycles. The number of carbonyl (C=O) groups is 1. The van der Waals surface area contributed by atoms with E-state index in [1.165, 1.54) is 6.08 Å². The highest BCUT2D eigenvalue weighted by atomic mass is 16.1. The molecule has 0 aliphatic rings. The van der Waals surface area contributed by atoms with Gasteiger partial charge in [0.1, 0.15) is 0 Å². The standard InChI is InChI=1S/C8H16N2O/c1-8(2,3)6(9)5-7(11)10-4/h5H,9H2,1-4H3,(H,10,11)/b6-5+. The molecule has 3 nitrogen and oxygen atoms in total. The smallest absolute Gasteiger partial charge is 0.245 e. The number of nitrogens with one attached hydrogen (secondary N) is 1. The van der Waals surface area contributed by atoms with E-state index in [0.717, 1.165) is 0 Å². The molecule has 0 rings (SSSR count). The van der Waals surface area contributed by atoms with Gasteiger partial charge in [-0.05, 0) is 0 Å². The fourth-order valence-electron chi connectivity index (χ4n) is 0.430. The summed E-state index contributed by atoms with van der Waals surface area (Å²) >= 11 is 0. The van der Waals surface area contributed by atoms with Gasteiger partial charge in [0.25, 0.3) is 0 Å². The first kappa shape index (κ1) is 10.0. The number of allylic oxidation sites excluding steroid dienone is 1. The lowest BCUT2D eigenvalue weighted by atomic mass is 9.92. The normalized spacial score (nSPS) is 12.9. The van der Waals surface area contributed by atoms with Crippen LogP contribution in [0.4, 0.5) is 0 Å². The van der Waals surface area contributed by atoms with E-state index >= 15 is 0 Å². The third-order valence-electron chi connectivity index (χ3n) is 1.40. The van der Waals surface area contributed by atoms with E-state index in [2.05, 4.69) is 5.32 Å². The largest absolute Gasteiger partial charge is 0.401 e. The van der Waals surface area contributed by atoms with Crippen molar-refractivity contribution in [1.29, 1.82) is 0 Å². The first-order valence-electron chi connectivity index (χ1n) is 3.57. The molecule has 0 saturated carbocycles. The third-order valence-corrected chi connectivity index (χ3v) is 1.40. The zero-order chi connectivity index (χ0) is 9.07. The van der Waals surface area contributed by atoms with Crippen molar-refractivity contribution >= 4 is 5.91 Å². The Morgan fingerprint density at radius 1 is 1.45 bits per heavy atom. The zero-order valence-electron chi connectivity index (χ0n) is 7.56. The Morgan fingerprint density at radius 3 is 2.18 bits per heavy atom. The van der Waals surface area contributed by atoms with Crippen LogP contribution in [-0.4, -0.2) is 13.0 Å². The summed E-state index contributed by atoms with van der Waals surface area (Å²) in [5.74, 6) is -0.155. The number of carbonyl (C=O) groups excluding carboxylic acids is 1. The van der Waals surface area contributed by atoms with Crippen molar-refractivity contribution in [2.75, 3.05) is 7.05 Å². The molecule has 0 radical (unpaired) electrons. The summed E-state index contributed by atoms with van der Waals surface area (Å²) in [6.45, 7) is 5.88. The molecule has 0 aliphatic carbocycles. The molecule has 1 amide bonds. The van der Waals surface area contributed by atoms with Crippen LogP contribution in [0, 0.1) is 5.41 Å². The predicted octanol–water partition coefficient (Wildman–Crippen LogP) is 0.621. The van der Waals surface area contributed by atoms with Gasteiger partial charge in [0.05, 0.1) is 0 Å². The molecule has 3 heteroatoms. The van der Waals surface area contributed by atoms with Crippen molar-refractivity contribution in [2.24, 2.45) is 11.1 Å². The summed E-state index contributed by atoms with van der Waals surface area (Å²) in [4.78, 5) is 10.8. The minimum Gasteiger partial charge on any atom is -0.401 e. The Balaban J connectivity index is 4.35. The summed E-state index contributed by atoms with van der Waals surface area (Å²) in [5.41, 5.74) is 6.09. The maximum Gasteiger partial charge on any atom is 0.245 e. The first-order valence-corrected chi connectivity index (χ1v) is 3.57. The maximum atomic E-state index is 10.8. The second-order valence-electron chi connectivity index (χ2n) is 3.46. The van der Waals surface area contributed by atoms with Gasteiger partial charge in [-0.2, -0.15) is 0 Å². The van der Waals surface area contributed by atoms with E-state index in [9.17, 15) is 4.79 Å². The quantitative estimate of drug-likeness (QED) is 0.547. The van der Waals surface area contributed by atoms with Crippen LogP contribution in [0.3, 0.4) is 0 Å². The summed E-state index contributed by atoms with van der Waals surface area (Å²) in [5, 5.41) is 2.47. The van der Waals surface area contributed by atoms with Crippen molar-refractivity contribution in [3.63, 3.8) is 0 Å². The Labute approximate surface area is 67.7 Å². The fourth-order valence-corrected chi connectivity index (χ4v) is 0.430. The molecule has 0 aromatic heterocycles. The number of nitrogens with two attached hydrogens (primary N) is 1. The molecule has 64 valence electrons. The maximum absolute atomic E-state index is 10.8. The minimum absolute atomic E-state index is 0.132. The highest BCUT2D eigenvalue weighted by molar-refractivity contribution is 5.87. The van der Waals surface area contributed by atoms with E-state index in [0.29, 0.717) is 5.70 Å². The molecule has 0 fully saturated rings. The zero-order valence-corrected chi connectivity index (χ0v) is 7.56.